The van der Waals surface area contributed by atoms with Gasteiger partial charge in [0.15, 0.2) is 0 Å². The van der Waals surface area contributed by atoms with Gasteiger partial charge in [-0.15, -0.1) is 0 Å². The molecule has 0 aliphatic heterocycles. The molecule has 1 rings (SSSR count). The Labute approximate surface area is 104 Å². The van der Waals surface area contributed by atoms with E-state index in [2.05, 4.69) is 56.2 Å². The van der Waals surface area contributed by atoms with Crippen LogP contribution in [-0.4, -0.2) is 14.3 Å². The molecule has 0 aliphatic rings. The molecule has 0 saturated carbocycles. The zero-order valence-electron chi connectivity index (χ0n) is 10.7. The molecule has 0 N–H and O–H groups in total. The molecule has 90 valence electrons. The highest BCUT2D eigenvalue weighted by molar-refractivity contribution is 8.29. The summed E-state index contributed by atoms with van der Waals surface area (Å²) in [4.78, 5) is 1.40. The van der Waals surface area contributed by atoms with Gasteiger partial charge in [-0.2, -0.15) is 11.2 Å². The zero-order chi connectivity index (χ0) is 12.0. The van der Waals surface area contributed by atoms with Crippen LogP contribution in [0.2, 0.25) is 18.1 Å². The minimum Gasteiger partial charge on any atom is -0.497 e. The molecule has 0 unspecified atom stereocenters. The maximum absolute atomic E-state index is 5.18. The van der Waals surface area contributed by atoms with Crippen molar-refractivity contribution in [2.45, 2.75) is 43.8 Å². The second-order valence-corrected chi connectivity index (χ2v) is 12.4. The summed E-state index contributed by atoms with van der Waals surface area (Å²) in [5.41, 5.74) is 0. The summed E-state index contributed by atoms with van der Waals surface area (Å²) in [7, 11) is 0.604. The molecular formula is C13H22OSSi. The molecule has 0 radical (unpaired) electrons. The Bertz CT molecular complexity index is 298. The highest BCUT2D eigenvalue weighted by atomic mass is 32.4. The second kappa shape index (κ2) is 6.35. The lowest BCUT2D eigenvalue weighted by Gasteiger charge is -2.27. The first-order valence-electron chi connectivity index (χ1n) is 6.02. The molecule has 0 aromatic heterocycles. The fraction of sp³-hybridized carbons (Fsp3) is 0.538. The van der Waals surface area contributed by atoms with E-state index < -0.39 is 7.22 Å². The largest absolute Gasteiger partial charge is 0.497 e. The Hall–Kier alpha value is -0.413. The van der Waals surface area contributed by atoms with Crippen molar-refractivity contribution in [3.63, 3.8) is 0 Å². The van der Waals surface area contributed by atoms with Crippen LogP contribution in [0.4, 0.5) is 0 Å². The quantitative estimate of drug-likeness (QED) is 0.675. The first-order valence-corrected chi connectivity index (χ1v) is 10.2. The maximum Gasteiger partial charge on any atom is 0.122 e. The van der Waals surface area contributed by atoms with Crippen LogP contribution in [0.25, 0.3) is 0 Å². The van der Waals surface area contributed by atoms with Crippen LogP contribution in [0, 0.1) is 0 Å². The molecule has 0 atom stereocenters. The van der Waals surface area contributed by atoms with Crippen LogP contribution in [-0.2, 0) is 0 Å². The van der Waals surface area contributed by atoms with Crippen molar-refractivity contribution < 1.29 is 4.74 Å². The normalized spacial score (nSPS) is 11.5. The maximum atomic E-state index is 5.18. The summed E-state index contributed by atoms with van der Waals surface area (Å²) >= 11 is 2.14. The average Bonchev–Trinajstić information content (AvgIpc) is 2.37. The topological polar surface area (TPSA) is 9.23 Å². The van der Waals surface area contributed by atoms with E-state index in [1.807, 2.05) is 0 Å². The molecular weight excluding hydrogens is 232 g/mol. The molecule has 0 aliphatic carbocycles. The number of rotatable bonds is 6. The Kier molecular flexibility index (Phi) is 5.42. The number of methoxy groups -OCH3 is 1. The van der Waals surface area contributed by atoms with E-state index in [4.69, 9.17) is 4.74 Å². The van der Waals surface area contributed by atoms with Gasteiger partial charge in [-0.25, -0.2) is 0 Å². The summed E-state index contributed by atoms with van der Waals surface area (Å²) in [5, 5.41) is 0. The smallest absolute Gasteiger partial charge is 0.122 e. The van der Waals surface area contributed by atoms with Gasteiger partial charge in [0.1, 0.15) is 13.0 Å². The number of hydrogen-bond acceptors (Lipinski definition) is 2. The predicted molar refractivity (Wildman–Crippen MR) is 76.0 cm³/mol. The summed E-state index contributed by atoms with van der Waals surface area (Å²) < 4.78 is 5.18. The van der Waals surface area contributed by atoms with Gasteiger partial charge in [-0.05, 0) is 24.3 Å². The van der Waals surface area contributed by atoms with E-state index >= 15 is 0 Å². The molecule has 0 bridgehead atoms. The van der Waals surface area contributed by atoms with Crippen molar-refractivity contribution in [3.8, 4) is 5.75 Å². The fourth-order valence-corrected chi connectivity index (χ4v) is 7.77. The van der Waals surface area contributed by atoms with Crippen molar-refractivity contribution >= 4 is 18.4 Å². The summed E-state index contributed by atoms with van der Waals surface area (Å²) in [6.45, 7) is 7.03. The second-order valence-electron chi connectivity index (χ2n) is 4.02. The number of ether oxygens (including phenoxy) is 1. The van der Waals surface area contributed by atoms with Crippen molar-refractivity contribution in [2.24, 2.45) is 0 Å². The molecule has 16 heavy (non-hydrogen) atoms. The molecule has 1 nitrogen and oxygen atoms in total. The lowest BCUT2D eigenvalue weighted by Crippen LogP contribution is -2.26. The van der Waals surface area contributed by atoms with Gasteiger partial charge in [-0.1, -0.05) is 38.9 Å². The minimum atomic E-state index is -1.11. The van der Waals surface area contributed by atoms with Crippen LogP contribution in [0.15, 0.2) is 29.2 Å². The summed E-state index contributed by atoms with van der Waals surface area (Å²) in [5.74, 6) is 0.945. The van der Waals surface area contributed by atoms with Crippen LogP contribution < -0.4 is 4.74 Å². The Balaban J connectivity index is 2.77. The van der Waals surface area contributed by atoms with E-state index in [1.54, 1.807) is 7.11 Å². The van der Waals surface area contributed by atoms with Gasteiger partial charge in [0, 0.05) is 4.90 Å². The first-order chi connectivity index (χ1) is 7.69. The van der Waals surface area contributed by atoms with Gasteiger partial charge in [0.05, 0.1) is 7.11 Å². The van der Waals surface area contributed by atoms with Crippen LogP contribution in [0.1, 0.15) is 20.8 Å². The van der Waals surface area contributed by atoms with E-state index in [-0.39, 0.29) is 0 Å². The van der Waals surface area contributed by atoms with E-state index in [1.165, 1.54) is 23.0 Å². The van der Waals surface area contributed by atoms with Crippen LogP contribution in [0.3, 0.4) is 0 Å². The highest BCUT2D eigenvalue weighted by Crippen LogP contribution is 2.38. The fourth-order valence-electron chi connectivity index (χ4n) is 1.86. The lowest BCUT2D eigenvalue weighted by atomic mass is 10.3. The van der Waals surface area contributed by atoms with Gasteiger partial charge in [-0.3, -0.25) is 0 Å². The average molecular weight is 254 g/mol. The van der Waals surface area contributed by atoms with E-state index in [0.717, 1.165) is 5.75 Å². The van der Waals surface area contributed by atoms with Crippen molar-refractivity contribution in [2.75, 3.05) is 7.11 Å². The lowest BCUT2D eigenvalue weighted by molar-refractivity contribution is 0.414. The van der Waals surface area contributed by atoms with Crippen molar-refractivity contribution in [3.05, 3.63) is 24.3 Å². The zero-order valence-corrected chi connectivity index (χ0v) is 12.6. The molecule has 1 aromatic rings. The van der Waals surface area contributed by atoms with Gasteiger partial charge in [0.2, 0.25) is 0 Å². The van der Waals surface area contributed by atoms with E-state index in [9.17, 15) is 0 Å². The Morgan fingerprint density at radius 3 is 1.88 bits per heavy atom. The summed E-state index contributed by atoms with van der Waals surface area (Å²) in [6, 6.07) is 12.6. The van der Waals surface area contributed by atoms with Crippen LogP contribution >= 0.6 is 11.2 Å². The predicted octanol–water partition coefficient (Wildman–Crippen LogP) is 4.79. The van der Waals surface area contributed by atoms with Gasteiger partial charge >= 0.3 is 0 Å². The number of hydrogen-bond donors (Lipinski definition) is 0. The van der Waals surface area contributed by atoms with Crippen molar-refractivity contribution in [1.29, 1.82) is 0 Å². The third-order valence-corrected chi connectivity index (χ3v) is 12.7. The standard InChI is InChI=1S/C13H22OSSi/c1-5-16(6-2,7-3)15-13-10-8-12(14-4)9-11-13/h8-11H,5-7H2,1-4H3. The van der Waals surface area contributed by atoms with E-state index in [0.29, 0.717) is 0 Å². The molecule has 1 aromatic carbocycles. The Morgan fingerprint density at radius 2 is 1.50 bits per heavy atom. The van der Waals surface area contributed by atoms with Crippen LogP contribution in [0.5, 0.6) is 5.75 Å². The van der Waals surface area contributed by atoms with Gasteiger partial charge in [0.25, 0.3) is 0 Å². The molecule has 0 heterocycles. The SMILES string of the molecule is CC[Si](CC)(CC)Sc1ccc(OC)cc1. The molecule has 0 spiro atoms. The molecule has 0 saturated heterocycles. The molecule has 0 fully saturated rings. The third kappa shape index (κ3) is 3.29. The monoisotopic (exact) mass is 254 g/mol. The number of benzene rings is 1. The summed E-state index contributed by atoms with van der Waals surface area (Å²) in [6.07, 6.45) is 0. The van der Waals surface area contributed by atoms with Gasteiger partial charge < -0.3 is 4.74 Å². The molecule has 3 heteroatoms. The minimum absolute atomic E-state index is 0.945. The molecule has 0 amide bonds. The first kappa shape index (κ1) is 13.7. The third-order valence-electron chi connectivity index (χ3n) is 3.33. The van der Waals surface area contributed by atoms with Crippen molar-refractivity contribution in [1.82, 2.24) is 0 Å². The highest BCUT2D eigenvalue weighted by Gasteiger charge is 2.28. The Morgan fingerprint density at radius 1 is 1.00 bits per heavy atom.